The first-order chi connectivity index (χ1) is 8.58. The van der Waals surface area contributed by atoms with Gasteiger partial charge in [0.1, 0.15) is 0 Å². The highest BCUT2D eigenvalue weighted by molar-refractivity contribution is 5.97. The summed E-state index contributed by atoms with van der Waals surface area (Å²) in [5.74, 6) is 0.291. The summed E-state index contributed by atoms with van der Waals surface area (Å²) >= 11 is 0. The van der Waals surface area contributed by atoms with Crippen molar-refractivity contribution in [3.8, 4) is 0 Å². The van der Waals surface area contributed by atoms with Gasteiger partial charge >= 0.3 is 0 Å². The molecule has 18 heavy (non-hydrogen) atoms. The van der Waals surface area contributed by atoms with Gasteiger partial charge in [0.05, 0.1) is 0 Å². The van der Waals surface area contributed by atoms with E-state index >= 15 is 0 Å². The molecule has 0 spiro atoms. The van der Waals surface area contributed by atoms with E-state index in [-0.39, 0.29) is 11.7 Å². The first-order valence-electron chi connectivity index (χ1n) is 6.65. The summed E-state index contributed by atoms with van der Waals surface area (Å²) in [6, 6.07) is 8.05. The molecule has 0 radical (unpaired) electrons. The third-order valence-electron chi connectivity index (χ3n) is 3.54. The number of carbonyl (C=O) groups excluding carboxylic acids is 1. The van der Waals surface area contributed by atoms with Crippen LogP contribution in [0, 0.1) is 5.92 Å². The molecule has 0 N–H and O–H groups in total. The van der Waals surface area contributed by atoms with Crippen molar-refractivity contribution in [2.45, 2.75) is 13.8 Å². The van der Waals surface area contributed by atoms with Crippen molar-refractivity contribution in [1.82, 2.24) is 4.90 Å². The Morgan fingerprint density at radius 1 is 1.06 bits per heavy atom. The van der Waals surface area contributed by atoms with Crippen LogP contribution in [-0.2, 0) is 0 Å². The van der Waals surface area contributed by atoms with Crippen molar-refractivity contribution < 1.29 is 4.79 Å². The molecule has 3 heteroatoms. The summed E-state index contributed by atoms with van der Waals surface area (Å²) in [5.41, 5.74) is 2.05. The minimum Gasteiger partial charge on any atom is -0.369 e. The molecule has 0 aromatic heterocycles. The second-order valence-corrected chi connectivity index (χ2v) is 5.36. The van der Waals surface area contributed by atoms with Crippen molar-refractivity contribution in [2.75, 3.05) is 38.1 Å². The van der Waals surface area contributed by atoms with Crippen molar-refractivity contribution in [2.24, 2.45) is 5.92 Å². The maximum absolute atomic E-state index is 11.9. The van der Waals surface area contributed by atoms with E-state index in [2.05, 4.69) is 29.0 Å². The average Bonchev–Trinajstić information content (AvgIpc) is 2.39. The fraction of sp³-hybridized carbons (Fsp3) is 0.533. The molecule has 0 unspecified atom stereocenters. The number of ketones is 1. The van der Waals surface area contributed by atoms with Gasteiger partial charge in [0.2, 0.25) is 0 Å². The van der Waals surface area contributed by atoms with Gasteiger partial charge in [0.25, 0.3) is 0 Å². The number of Topliss-reactive ketones (excluding diaryl/α,β-unsaturated/α-hetero) is 1. The van der Waals surface area contributed by atoms with Crippen molar-refractivity contribution in [3.63, 3.8) is 0 Å². The van der Waals surface area contributed by atoms with E-state index < -0.39 is 0 Å². The third kappa shape index (κ3) is 2.91. The van der Waals surface area contributed by atoms with Crippen LogP contribution in [0.1, 0.15) is 24.2 Å². The van der Waals surface area contributed by atoms with E-state index in [9.17, 15) is 4.79 Å². The van der Waals surface area contributed by atoms with Gasteiger partial charge in [-0.2, -0.15) is 0 Å². The van der Waals surface area contributed by atoms with Gasteiger partial charge in [-0.3, -0.25) is 4.79 Å². The number of piperazine rings is 1. The summed E-state index contributed by atoms with van der Waals surface area (Å²) in [7, 11) is 2.15. The number of benzene rings is 1. The topological polar surface area (TPSA) is 23.6 Å². The molecule has 1 aromatic rings. The van der Waals surface area contributed by atoms with Crippen LogP contribution < -0.4 is 4.90 Å². The van der Waals surface area contributed by atoms with Gasteiger partial charge in [0, 0.05) is 43.3 Å². The molecule has 1 aromatic carbocycles. The molecule has 0 saturated carbocycles. The Morgan fingerprint density at radius 2 is 1.61 bits per heavy atom. The molecule has 1 heterocycles. The smallest absolute Gasteiger partial charge is 0.165 e. The third-order valence-corrected chi connectivity index (χ3v) is 3.54. The van der Waals surface area contributed by atoms with E-state index in [1.807, 2.05) is 26.0 Å². The largest absolute Gasteiger partial charge is 0.369 e. The van der Waals surface area contributed by atoms with Crippen molar-refractivity contribution in [1.29, 1.82) is 0 Å². The van der Waals surface area contributed by atoms with Crippen LogP contribution in [0.3, 0.4) is 0 Å². The highest BCUT2D eigenvalue weighted by Crippen LogP contribution is 2.18. The zero-order valence-electron chi connectivity index (χ0n) is 11.5. The lowest BCUT2D eigenvalue weighted by atomic mass is 10.0. The quantitative estimate of drug-likeness (QED) is 0.764. The van der Waals surface area contributed by atoms with Gasteiger partial charge in [0.15, 0.2) is 5.78 Å². The van der Waals surface area contributed by atoms with Gasteiger partial charge in [-0.25, -0.2) is 0 Å². The molecule has 0 aliphatic carbocycles. The Bertz CT molecular complexity index is 403. The number of hydrogen-bond donors (Lipinski definition) is 0. The summed E-state index contributed by atoms with van der Waals surface area (Å²) < 4.78 is 0. The average molecular weight is 246 g/mol. The summed E-state index contributed by atoms with van der Waals surface area (Å²) in [4.78, 5) is 16.6. The van der Waals surface area contributed by atoms with E-state index in [0.717, 1.165) is 31.7 Å². The second-order valence-electron chi connectivity index (χ2n) is 5.36. The van der Waals surface area contributed by atoms with Crippen LogP contribution >= 0.6 is 0 Å². The number of hydrogen-bond acceptors (Lipinski definition) is 3. The van der Waals surface area contributed by atoms with Gasteiger partial charge in [-0.15, -0.1) is 0 Å². The molecule has 1 aliphatic rings. The van der Waals surface area contributed by atoms with E-state index in [0.29, 0.717) is 0 Å². The lowest BCUT2D eigenvalue weighted by molar-refractivity contribution is 0.0939. The molecule has 1 fully saturated rings. The number of likely N-dealkylation sites (N-methyl/N-ethyl adjacent to an activating group) is 1. The van der Waals surface area contributed by atoms with Crippen LogP contribution in [0.2, 0.25) is 0 Å². The van der Waals surface area contributed by atoms with Gasteiger partial charge < -0.3 is 9.80 Å². The van der Waals surface area contributed by atoms with Crippen LogP contribution in [0.4, 0.5) is 5.69 Å². The molecule has 1 aliphatic heterocycles. The maximum Gasteiger partial charge on any atom is 0.165 e. The molecule has 3 nitrogen and oxygen atoms in total. The fourth-order valence-corrected chi connectivity index (χ4v) is 2.23. The lowest BCUT2D eigenvalue weighted by Gasteiger charge is -2.34. The maximum atomic E-state index is 11.9. The lowest BCUT2D eigenvalue weighted by Crippen LogP contribution is -2.44. The first-order valence-corrected chi connectivity index (χ1v) is 6.65. The normalized spacial score (nSPS) is 17.2. The number of carbonyl (C=O) groups is 1. The molecule has 0 atom stereocenters. The molecule has 98 valence electrons. The van der Waals surface area contributed by atoms with Crippen LogP contribution in [-0.4, -0.2) is 43.9 Å². The minimum absolute atomic E-state index is 0.0690. The Kier molecular flexibility index (Phi) is 4.02. The summed E-state index contributed by atoms with van der Waals surface area (Å²) in [6.07, 6.45) is 0. The van der Waals surface area contributed by atoms with Crippen molar-refractivity contribution in [3.05, 3.63) is 29.8 Å². The zero-order chi connectivity index (χ0) is 13.1. The van der Waals surface area contributed by atoms with Crippen LogP contribution in [0.5, 0.6) is 0 Å². The molecule has 0 bridgehead atoms. The predicted molar refractivity (Wildman–Crippen MR) is 75.3 cm³/mol. The highest BCUT2D eigenvalue weighted by Gasteiger charge is 2.15. The molecule has 0 amide bonds. The molecule has 2 rings (SSSR count). The molecular formula is C15H22N2O. The van der Waals surface area contributed by atoms with Crippen LogP contribution in [0.15, 0.2) is 24.3 Å². The van der Waals surface area contributed by atoms with Gasteiger partial charge in [-0.05, 0) is 31.3 Å². The number of rotatable bonds is 3. The Labute approximate surface area is 109 Å². The number of nitrogens with zero attached hydrogens (tertiary/aromatic N) is 2. The van der Waals surface area contributed by atoms with Crippen molar-refractivity contribution >= 4 is 11.5 Å². The number of anilines is 1. The monoisotopic (exact) mass is 246 g/mol. The molecule has 1 saturated heterocycles. The summed E-state index contributed by atoms with van der Waals surface area (Å²) in [5, 5.41) is 0. The standard InChI is InChI=1S/C15H22N2O/c1-12(2)15(18)13-4-6-14(7-5-13)17-10-8-16(3)9-11-17/h4-7,12H,8-11H2,1-3H3. The van der Waals surface area contributed by atoms with E-state index in [4.69, 9.17) is 0 Å². The van der Waals surface area contributed by atoms with E-state index in [1.54, 1.807) is 0 Å². The van der Waals surface area contributed by atoms with Crippen LogP contribution in [0.25, 0.3) is 0 Å². The SMILES string of the molecule is CC(C)C(=O)c1ccc(N2CCN(C)CC2)cc1. The first kappa shape index (κ1) is 13.1. The Morgan fingerprint density at radius 3 is 2.11 bits per heavy atom. The molecular weight excluding hydrogens is 224 g/mol. The minimum atomic E-state index is 0.0690. The highest BCUT2D eigenvalue weighted by atomic mass is 16.1. The van der Waals surface area contributed by atoms with Gasteiger partial charge in [-0.1, -0.05) is 13.8 Å². The zero-order valence-corrected chi connectivity index (χ0v) is 11.5. The second kappa shape index (κ2) is 5.53. The Balaban J connectivity index is 2.06. The summed E-state index contributed by atoms with van der Waals surface area (Å²) in [6.45, 7) is 8.22. The van der Waals surface area contributed by atoms with E-state index in [1.165, 1.54) is 5.69 Å². The fourth-order valence-electron chi connectivity index (χ4n) is 2.23. The Hall–Kier alpha value is -1.35. The predicted octanol–water partition coefficient (Wildman–Crippen LogP) is 2.28.